The number of carbonyl (C=O) groups excluding carboxylic acids is 1. The van der Waals surface area contributed by atoms with Crippen LogP contribution in [-0.4, -0.2) is 59.3 Å². The average Bonchev–Trinajstić information content (AvgIpc) is 3.18. The molecule has 2 aliphatic rings. The van der Waals surface area contributed by atoms with E-state index in [9.17, 15) is 9.90 Å². The summed E-state index contributed by atoms with van der Waals surface area (Å²) in [6, 6.07) is 12.3. The molecule has 0 radical (unpaired) electrons. The molecule has 2 aliphatic heterocycles. The Morgan fingerprint density at radius 1 is 1.10 bits per heavy atom. The fourth-order valence-electron chi connectivity index (χ4n) is 4.61. The van der Waals surface area contributed by atoms with Crippen LogP contribution >= 0.6 is 0 Å². The molecule has 0 spiro atoms. The van der Waals surface area contributed by atoms with Gasteiger partial charge in [-0.25, -0.2) is 0 Å². The Balaban J connectivity index is 0.000000181. The van der Waals surface area contributed by atoms with Crippen LogP contribution in [0.5, 0.6) is 5.75 Å². The van der Waals surface area contributed by atoms with E-state index >= 15 is 0 Å². The number of furan rings is 1. The van der Waals surface area contributed by atoms with Crippen molar-refractivity contribution in [2.24, 2.45) is 0 Å². The van der Waals surface area contributed by atoms with Crippen LogP contribution in [0, 0.1) is 0 Å². The van der Waals surface area contributed by atoms with Crippen LogP contribution in [0.1, 0.15) is 43.0 Å². The van der Waals surface area contributed by atoms with Gasteiger partial charge in [0.1, 0.15) is 23.5 Å². The Kier molecular flexibility index (Phi) is 6.09. The number of benzene rings is 2. The van der Waals surface area contributed by atoms with Gasteiger partial charge in [-0.3, -0.25) is 4.79 Å². The fraction of sp³-hybridized carbons (Fsp3) is 0.458. The third kappa shape index (κ3) is 4.21. The van der Waals surface area contributed by atoms with Crippen molar-refractivity contribution in [3.8, 4) is 5.75 Å². The summed E-state index contributed by atoms with van der Waals surface area (Å²) in [7, 11) is 2.19. The summed E-state index contributed by atoms with van der Waals surface area (Å²) in [5.74, 6) is 0.691. The second-order valence-corrected chi connectivity index (χ2v) is 8.27. The lowest BCUT2D eigenvalue weighted by molar-refractivity contribution is 0.0503. The smallest absolute Gasteiger partial charge is 0.159 e. The number of piperidine rings is 1. The number of nitrogens with zero attached hydrogens (tertiary/aromatic N) is 1. The van der Waals surface area contributed by atoms with Gasteiger partial charge in [0, 0.05) is 28.4 Å². The van der Waals surface area contributed by atoms with Crippen LogP contribution < -0.4 is 4.74 Å². The number of hydrogen-bond acceptors (Lipinski definition) is 6. The average molecular weight is 411 g/mol. The van der Waals surface area contributed by atoms with E-state index in [4.69, 9.17) is 14.3 Å². The minimum absolute atomic E-state index is 0.00583. The largest absolute Gasteiger partial charge is 0.491 e. The molecular weight excluding hydrogens is 382 g/mol. The molecule has 3 heterocycles. The number of Topliss-reactive ketones (excluding diaryl/α,β-unsaturated/α-hetero) is 1. The Morgan fingerprint density at radius 2 is 1.73 bits per heavy atom. The van der Waals surface area contributed by atoms with E-state index in [0.29, 0.717) is 23.4 Å². The molecule has 0 saturated carbocycles. The quantitative estimate of drug-likeness (QED) is 0.636. The molecule has 30 heavy (non-hydrogen) atoms. The van der Waals surface area contributed by atoms with Crippen LogP contribution in [0.25, 0.3) is 21.9 Å². The van der Waals surface area contributed by atoms with E-state index in [0.717, 1.165) is 34.8 Å². The van der Waals surface area contributed by atoms with Crippen molar-refractivity contribution in [1.82, 2.24) is 4.90 Å². The fourth-order valence-corrected chi connectivity index (χ4v) is 4.61. The molecule has 2 N–H and O–H groups in total. The van der Waals surface area contributed by atoms with Gasteiger partial charge in [0.15, 0.2) is 5.78 Å². The molecule has 0 amide bonds. The number of hydrogen-bond donors (Lipinski definition) is 2. The van der Waals surface area contributed by atoms with Gasteiger partial charge in [-0.15, -0.1) is 0 Å². The Bertz CT molecular complexity index is 1030. The van der Waals surface area contributed by atoms with Crippen molar-refractivity contribution in [3.63, 3.8) is 0 Å². The molecule has 2 saturated heterocycles. The molecule has 2 unspecified atom stereocenters. The number of aliphatic hydroxyl groups excluding tert-OH is 2. The molecule has 2 aromatic carbocycles. The van der Waals surface area contributed by atoms with E-state index < -0.39 is 0 Å². The number of ketones is 1. The van der Waals surface area contributed by atoms with E-state index in [-0.39, 0.29) is 25.1 Å². The van der Waals surface area contributed by atoms with Crippen molar-refractivity contribution in [3.05, 3.63) is 42.0 Å². The number of rotatable bonds is 4. The molecule has 160 valence electrons. The third-order valence-electron chi connectivity index (χ3n) is 6.28. The first-order valence-electron chi connectivity index (χ1n) is 10.6. The maximum absolute atomic E-state index is 11.5. The van der Waals surface area contributed by atoms with Crippen LogP contribution in [-0.2, 0) is 0 Å². The monoisotopic (exact) mass is 411 g/mol. The van der Waals surface area contributed by atoms with Gasteiger partial charge in [0.05, 0.1) is 12.7 Å². The maximum atomic E-state index is 11.5. The summed E-state index contributed by atoms with van der Waals surface area (Å²) in [4.78, 5) is 13.9. The number of carbonyl (C=O) groups is 1. The van der Waals surface area contributed by atoms with Crippen molar-refractivity contribution in [2.45, 2.75) is 50.8 Å². The standard InChI is InChI=1S/C16H14O4.C8H15NO/c1-10(18)11-2-4-15-13(8-11)14-9-12(19-7-6-17)3-5-16(14)20-15;1-9-6-2-3-7(9)5-8(10)4-6/h2-5,8-9,17H,6-7H2,1H3;6-8,10H,2-5H2,1H3. The lowest BCUT2D eigenvalue weighted by Gasteiger charge is -2.33. The lowest BCUT2D eigenvalue weighted by atomic mass is 10.0. The summed E-state index contributed by atoms with van der Waals surface area (Å²) in [5.41, 5.74) is 2.14. The second-order valence-electron chi connectivity index (χ2n) is 8.27. The minimum atomic E-state index is -0.0291. The molecule has 1 aromatic heterocycles. The van der Waals surface area contributed by atoms with Crippen molar-refractivity contribution < 1.29 is 24.2 Å². The molecule has 3 aromatic rings. The normalized spacial score (nSPS) is 23.4. The van der Waals surface area contributed by atoms with Crippen LogP contribution in [0.3, 0.4) is 0 Å². The zero-order valence-corrected chi connectivity index (χ0v) is 17.5. The summed E-state index contributed by atoms with van der Waals surface area (Å²) < 4.78 is 11.1. The van der Waals surface area contributed by atoms with Gasteiger partial charge in [0.2, 0.25) is 0 Å². The highest BCUT2D eigenvalue weighted by atomic mass is 16.5. The first kappa shape index (κ1) is 20.8. The van der Waals surface area contributed by atoms with Gasteiger partial charge in [-0.1, -0.05) is 0 Å². The lowest BCUT2D eigenvalue weighted by Crippen LogP contribution is -2.41. The minimum Gasteiger partial charge on any atom is -0.491 e. The van der Waals surface area contributed by atoms with Gasteiger partial charge in [-0.2, -0.15) is 0 Å². The summed E-state index contributed by atoms with van der Waals surface area (Å²) in [5, 5.41) is 20.0. The van der Waals surface area contributed by atoms with Gasteiger partial charge >= 0.3 is 0 Å². The highest BCUT2D eigenvalue weighted by molar-refractivity contribution is 6.08. The van der Waals surface area contributed by atoms with Crippen LogP contribution in [0.2, 0.25) is 0 Å². The summed E-state index contributed by atoms with van der Waals surface area (Å²) in [6.45, 7) is 1.76. The molecule has 5 rings (SSSR count). The van der Waals surface area contributed by atoms with E-state index in [2.05, 4.69) is 11.9 Å². The Hall–Kier alpha value is -2.41. The summed E-state index contributed by atoms with van der Waals surface area (Å²) in [6.07, 6.45) is 4.62. The van der Waals surface area contributed by atoms with Crippen molar-refractivity contribution in [2.75, 3.05) is 20.3 Å². The predicted molar refractivity (Wildman–Crippen MR) is 116 cm³/mol. The third-order valence-corrected chi connectivity index (χ3v) is 6.28. The molecule has 2 atom stereocenters. The number of ether oxygens (including phenoxy) is 1. The highest BCUT2D eigenvalue weighted by Crippen LogP contribution is 2.34. The number of aliphatic hydroxyl groups is 2. The first-order valence-corrected chi connectivity index (χ1v) is 10.6. The van der Waals surface area contributed by atoms with Crippen LogP contribution in [0.4, 0.5) is 0 Å². The number of fused-ring (bicyclic) bond motifs is 5. The SMILES string of the molecule is CC(=O)c1ccc2oc3ccc(OCCO)cc3c2c1.CN1C2CCC1CC(O)C2. The van der Waals surface area contributed by atoms with Gasteiger partial charge in [0.25, 0.3) is 0 Å². The van der Waals surface area contributed by atoms with Crippen LogP contribution in [0.15, 0.2) is 40.8 Å². The van der Waals surface area contributed by atoms with E-state index in [1.807, 2.05) is 18.2 Å². The summed E-state index contributed by atoms with van der Waals surface area (Å²) >= 11 is 0. The maximum Gasteiger partial charge on any atom is 0.159 e. The van der Waals surface area contributed by atoms with Gasteiger partial charge in [-0.05, 0) is 76.1 Å². The highest BCUT2D eigenvalue weighted by Gasteiger charge is 2.37. The molecule has 6 nitrogen and oxygen atoms in total. The molecule has 0 aliphatic carbocycles. The zero-order chi connectivity index (χ0) is 21.3. The van der Waals surface area contributed by atoms with Crippen molar-refractivity contribution in [1.29, 1.82) is 0 Å². The second kappa shape index (κ2) is 8.76. The first-order chi connectivity index (χ1) is 14.5. The Morgan fingerprint density at radius 3 is 2.37 bits per heavy atom. The Labute approximate surface area is 176 Å². The molecule has 2 fully saturated rings. The predicted octanol–water partition coefficient (Wildman–Crippen LogP) is 3.76. The zero-order valence-electron chi connectivity index (χ0n) is 17.5. The topological polar surface area (TPSA) is 83.1 Å². The molecule has 2 bridgehead atoms. The molecular formula is C24H29NO5. The van der Waals surface area contributed by atoms with Crippen molar-refractivity contribution >= 4 is 27.7 Å². The van der Waals surface area contributed by atoms with E-state index in [1.165, 1.54) is 12.8 Å². The van der Waals surface area contributed by atoms with E-state index in [1.54, 1.807) is 25.1 Å². The van der Waals surface area contributed by atoms with Gasteiger partial charge < -0.3 is 24.3 Å². The molecule has 6 heteroatoms.